The summed E-state index contributed by atoms with van der Waals surface area (Å²) in [6, 6.07) is -0.00699. The fraction of sp³-hybridized carbons (Fsp3) is 0.500. The molecule has 0 bridgehead atoms. The quantitative estimate of drug-likeness (QED) is 0.437. The highest BCUT2D eigenvalue weighted by molar-refractivity contribution is 9.07. The maximum Gasteiger partial charge on any atom is 0.490 e. The number of nitrogens with two attached hydrogens (primary N) is 1. The molecule has 7 nitrogen and oxygen atoms in total. The van der Waals surface area contributed by atoms with Crippen LogP contribution in [0, 0.1) is 0 Å². The second-order valence-corrected chi connectivity index (χ2v) is 5.18. The van der Waals surface area contributed by atoms with Gasteiger partial charge in [-0.3, -0.25) is 0 Å². The monoisotopic (exact) mass is 460 g/mol. The summed E-state index contributed by atoms with van der Waals surface area (Å²) in [6.07, 6.45) is -4.15. The van der Waals surface area contributed by atoms with Crippen molar-refractivity contribution in [3.05, 3.63) is 23.9 Å². The smallest absolute Gasteiger partial charge is 0.475 e. The van der Waals surface area contributed by atoms with Gasteiger partial charge in [-0.2, -0.15) is 26.3 Å². The SMILES string of the molecule is COC[C@H](N)C1=CCN(Br)C=C1.O=C(O)C(F)(F)F.O=C(O)C(F)(F)F. The Morgan fingerprint density at radius 2 is 1.62 bits per heavy atom. The van der Waals surface area contributed by atoms with Gasteiger partial charge in [0, 0.05) is 36.0 Å². The number of hydrogen-bond acceptors (Lipinski definition) is 5. The van der Waals surface area contributed by atoms with E-state index in [4.69, 9.17) is 30.3 Å². The molecule has 1 aliphatic heterocycles. The Kier molecular flexibility index (Phi) is 11.9. The lowest BCUT2D eigenvalue weighted by atomic mass is 10.1. The molecule has 0 aromatic carbocycles. The summed E-state index contributed by atoms with van der Waals surface area (Å²) in [4.78, 5) is 17.8. The topological polar surface area (TPSA) is 113 Å². The lowest BCUT2D eigenvalue weighted by Crippen LogP contribution is -2.29. The maximum atomic E-state index is 10.6. The van der Waals surface area contributed by atoms with Gasteiger partial charge in [-0.15, -0.1) is 0 Å². The average molecular weight is 461 g/mol. The van der Waals surface area contributed by atoms with Crippen molar-refractivity contribution in [2.45, 2.75) is 18.4 Å². The summed E-state index contributed by atoms with van der Waals surface area (Å²) < 4.78 is 70.3. The Labute approximate surface area is 152 Å². The lowest BCUT2D eigenvalue weighted by molar-refractivity contribution is -0.193. The van der Waals surface area contributed by atoms with Crippen molar-refractivity contribution in [1.29, 1.82) is 0 Å². The highest BCUT2D eigenvalue weighted by Gasteiger charge is 2.38. The van der Waals surface area contributed by atoms with Crippen LogP contribution in [0.5, 0.6) is 0 Å². The first-order valence-electron chi connectivity index (χ1n) is 6.28. The number of carboxylic acids is 2. The third kappa shape index (κ3) is 13.5. The summed E-state index contributed by atoms with van der Waals surface area (Å²) >= 11 is 3.33. The molecule has 0 amide bonds. The van der Waals surface area contributed by atoms with Gasteiger partial charge in [-0.05, 0) is 11.6 Å². The average Bonchev–Trinajstić information content (AvgIpc) is 2.47. The predicted molar refractivity (Wildman–Crippen MR) is 80.1 cm³/mol. The molecule has 0 radical (unpaired) electrons. The molecule has 14 heteroatoms. The lowest BCUT2D eigenvalue weighted by Gasteiger charge is -2.18. The number of methoxy groups -OCH3 is 1. The van der Waals surface area contributed by atoms with Crippen LogP contribution in [0.4, 0.5) is 26.3 Å². The van der Waals surface area contributed by atoms with Gasteiger partial charge in [0.15, 0.2) is 0 Å². The van der Waals surface area contributed by atoms with Crippen LogP contribution in [0.25, 0.3) is 0 Å². The highest BCUT2D eigenvalue weighted by Crippen LogP contribution is 2.14. The standard InChI is InChI=1S/C8H13BrN2O.2C2HF3O2/c1-12-6-8(10)7-2-4-11(9)5-3-7;2*3-2(4,5)1(6)7/h2-4,8H,5-6,10H2,1H3;2*(H,6,7)/t8-;;/m0../s1. The van der Waals surface area contributed by atoms with Crippen molar-refractivity contribution >= 4 is 28.1 Å². The van der Waals surface area contributed by atoms with E-state index >= 15 is 0 Å². The van der Waals surface area contributed by atoms with Crippen LogP contribution in [-0.2, 0) is 14.3 Å². The van der Waals surface area contributed by atoms with Crippen molar-refractivity contribution in [1.82, 2.24) is 3.93 Å². The van der Waals surface area contributed by atoms with E-state index in [-0.39, 0.29) is 6.04 Å². The molecule has 0 aromatic heterocycles. The van der Waals surface area contributed by atoms with Crippen LogP contribution in [0.1, 0.15) is 0 Å². The molecule has 26 heavy (non-hydrogen) atoms. The third-order valence-electron chi connectivity index (χ3n) is 2.19. The van der Waals surface area contributed by atoms with Crippen LogP contribution < -0.4 is 5.73 Å². The number of halogens is 7. The van der Waals surface area contributed by atoms with E-state index < -0.39 is 24.3 Å². The Hall–Kier alpha value is -1.80. The normalized spacial score (nSPS) is 15.0. The van der Waals surface area contributed by atoms with Gasteiger partial charge in [0.2, 0.25) is 0 Å². The molecule has 0 aromatic rings. The first-order chi connectivity index (χ1) is 11.6. The molecule has 1 heterocycles. The zero-order valence-electron chi connectivity index (χ0n) is 13.0. The van der Waals surface area contributed by atoms with E-state index in [2.05, 4.69) is 22.2 Å². The van der Waals surface area contributed by atoms with E-state index in [9.17, 15) is 26.3 Å². The molecular weight excluding hydrogens is 446 g/mol. The number of rotatable bonds is 3. The van der Waals surface area contributed by atoms with Crippen LogP contribution >= 0.6 is 16.1 Å². The number of carbonyl (C=O) groups is 2. The van der Waals surface area contributed by atoms with Crippen LogP contribution in [0.2, 0.25) is 0 Å². The fourth-order valence-electron chi connectivity index (χ4n) is 1.04. The molecule has 1 atom stereocenters. The first kappa shape index (κ1) is 26.4. The van der Waals surface area contributed by atoms with Crippen LogP contribution in [0.15, 0.2) is 23.9 Å². The van der Waals surface area contributed by atoms with Gasteiger partial charge in [-0.1, -0.05) is 6.08 Å². The van der Waals surface area contributed by atoms with Crippen molar-refractivity contribution < 1.29 is 50.9 Å². The van der Waals surface area contributed by atoms with Crippen molar-refractivity contribution in [3.8, 4) is 0 Å². The Morgan fingerprint density at radius 3 is 1.85 bits per heavy atom. The van der Waals surface area contributed by atoms with E-state index in [1.807, 2.05) is 16.2 Å². The van der Waals surface area contributed by atoms with Gasteiger partial charge in [0.25, 0.3) is 0 Å². The van der Waals surface area contributed by atoms with E-state index in [1.165, 1.54) is 0 Å². The van der Waals surface area contributed by atoms with Gasteiger partial charge >= 0.3 is 24.3 Å². The number of ether oxygens (including phenoxy) is 1. The number of alkyl halides is 6. The minimum absolute atomic E-state index is 0.00699. The summed E-state index contributed by atoms with van der Waals surface area (Å²) in [7, 11) is 1.66. The number of carboxylic acid groups (broad SMARTS) is 2. The van der Waals surface area contributed by atoms with Gasteiger partial charge in [0.05, 0.1) is 12.6 Å². The zero-order valence-corrected chi connectivity index (χ0v) is 14.6. The molecule has 0 fully saturated rings. The summed E-state index contributed by atoms with van der Waals surface area (Å²) in [5, 5.41) is 14.2. The molecule has 0 spiro atoms. The molecule has 1 aliphatic rings. The molecule has 4 N–H and O–H groups in total. The largest absolute Gasteiger partial charge is 0.490 e. The van der Waals surface area contributed by atoms with Crippen LogP contribution in [0.3, 0.4) is 0 Å². The molecule has 0 unspecified atom stereocenters. The van der Waals surface area contributed by atoms with Gasteiger partial charge < -0.3 is 24.6 Å². The maximum absolute atomic E-state index is 10.6. The predicted octanol–water partition coefficient (Wildman–Crippen LogP) is 2.29. The van der Waals surface area contributed by atoms with E-state index in [0.717, 1.165) is 12.1 Å². The second-order valence-electron chi connectivity index (χ2n) is 4.27. The van der Waals surface area contributed by atoms with Gasteiger partial charge in [-0.25, -0.2) is 9.59 Å². The van der Waals surface area contributed by atoms with E-state index in [0.29, 0.717) is 6.61 Å². The summed E-state index contributed by atoms with van der Waals surface area (Å²) in [5.41, 5.74) is 6.96. The fourth-order valence-corrected chi connectivity index (χ4v) is 1.30. The molecule has 1 rings (SSSR count). The minimum atomic E-state index is -5.08. The Bertz CT molecular complexity index is 497. The second kappa shape index (κ2) is 11.7. The van der Waals surface area contributed by atoms with Crippen molar-refractivity contribution in [2.24, 2.45) is 5.73 Å². The molecular formula is C12H15BrF6N2O5. The highest BCUT2D eigenvalue weighted by atomic mass is 79.9. The molecule has 0 saturated heterocycles. The Morgan fingerprint density at radius 1 is 1.23 bits per heavy atom. The first-order valence-corrected chi connectivity index (χ1v) is 6.99. The zero-order chi connectivity index (χ0) is 21.1. The van der Waals surface area contributed by atoms with Crippen LogP contribution in [-0.4, -0.2) is 64.7 Å². The summed E-state index contributed by atoms with van der Waals surface area (Å²) in [6.45, 7) is 1.42. The summed E-state index contributed by atoms with van der Waals surface area (Å²) in [5.74, 6) is -5.51. The van der Waals surface area contributed by atoms with Crippen molar-refractivity contribution in [3.63, 3.8) is 0 Å². The molecule has 0 saturated carbocycles. The van der Waals surface area contributed by atoms with E-state index in [1.54, 1.807) is 7.11 Å². The number of nitrogens with zero attached hydrogens (tertiary/aromatic N) is 1. The number of aliphatic carboxylic acids is 2. The molecule has 0 aliphatic carbocycles. The van der Waals surface area contributed by atoms with Crippen molar-refractivity contribution in [2.75, 3.05) is 20.3 Å². The minimum Gasteiger partial charge on any atom is -0.475 e. The third-order valence-corrected chi connectivity index (χ3v) is 2.72. The van der Waals surface area contributed by atoms with Gasteiger partial charge in [0.1, 0.15) is 0 Å². The molecule has 152 valence electrons. The Balaban J connectivity index is 0. The number of hydrogen-bond donors (Lipinski definition) is 3.